The molecular formula is C23H17Br2NS. The Labute approximate surface area is 181 Å². The van der Waals surface area contributed by atoms with E-state index in [0.29, 0.717) is 5.56 Å². The van der Waals surface area contributed by atoms with Crippen molar-refractivity contribution < 1.29 is 0 Å². The van der Waals surface area contributed by atoms with E-state index in [9.17, 15) is 0 Å². The van der Waals surface area contributed by atoms with Crippen LogP contribution in [-0.2, 0) is 5.75 Å². The minimum Gasteiger partial charge on any atom is -0.192 e. The molecule has 0 bridgehead atoms. The lowest BCUT2D eigenvalue weighted by Gasteiger charge is -2.14. The molecule has 0 heterocycles. The topological polar surface area (TPSA) is 23.8 Å². The number of benzene rings is 3. The molecule has 0 aliphatic heterocycles. The van der Waals surface area contributed by atoms with E-state index in [2.05, 4.69) is 98.6 Å². The highest BCUT2D eigenvalue weighted by Crippen LogP contribution is 2.34. The Morgan fingerprint density at radius 1 is 0.852 bits per heavy atom. The van der Waals surface area contributed by atoms with E-state index in [1.807, 2.05) is 36.0 Å². The van der Waals surface area contributed by atoms with Gasteiger partial charge in [-0.15, -0.1) is 11.8 Å². The van der Waals surface area contributed by atoms with Crippen LogP contribution in [0.15, 0.2) is 87.8 Å². The summed E-state index contributed by atoms with van der Waals surface area (Å²) in [6, 6.07) is 26.8. The van der Waals surface area contributed by atoms with Crippen LogP contribution >= 0.6 is 43.6 Å². The van der Waals surface area contributed by atoms with Crippen molar-refractivity contribution >= 4 is 49.7 Å². The fraction of sp³-hybridized carbons (Fsp3) is 0.0870. The second kappa shape index (κ2) is 9.94. The van der Waals surface area contributed by atoms with Gasteiger partial charge in [0.1, 0.15) is 0 Å². The first kappa shape index (κ1) is 19.9. The normalized spacial score (nSPS) is 12.0. The van der Waals surface area contributed by atoms with Gasteiger partial charge in [-0.25, -0.2) is 0 Å². The number of hydrogen-bond acceptors (Lipinski definition) is 2. The van der Waals surface area contributed by atoms with Gasteiger partial charge >= 0.3 is 0 Å². The maximum Gasteiger partial charge on any atom is 0.0991 e. The fourth-order valence-corrected chi connectivity index (χ4v) is 4.18. The maximum absolute atomic E-state index is 8.94. The van der Waals surface area contributed by atoms with Crippen LogP contribution in [0.1, 0.15) is 27.5 Å². The Hall–Kier alpha value is -1.80. The van der Waals surface area contributed by atoms with Gasteiger partial charge in [-0.1, -0.05) is 80.4 Å². The summed E-state index contributed by atoms with van der Waals surface area (Å²) in [5.74, 6) is 0.886. The third-order valence-corrected chi connectivity index (χ3v) is 6.39. The molecule has 1 unspecified atom stereocenters. The van der Waals surface area contributed by atoms with Gasteiger partial charge < -0.3 is 0 Å². The molecule has 0 N–H and O–H groups in total. The van der Waals surface area contributed by atoms with E-state index in [-0.39, 0.29) is 5.25 Å². The second-order valence-electron chi connectivity index (χ2n) is 6.00. The fourth-order valence-electron chi connectivity index (χ4n) is 2.55. The highest BCUT2D eigenvalue weighted by atomic mass is 79.9. The van der Waals surface area contributed by atoms with Gasteiger partial charge in [0, 0.05) is 19.9 Å². The summed E-state index contributed by atoms with van der Waals surface area (Å²) in [5.41, 5.74) is 4.37. The predicted octanol–water partition coefficient (Wildman–Crippen LogP) is 7.77. The van der Waals surface area contributed by atoms with E-state index in [1.165, 1.54) is 16.7 Å². The van der Waals surface area contributed by atoms with Gasteiger partial charge in [0.05, 0.1) is 11.6 Å². The third-order valence-electron chi connectivity index (χ3n) is 4.04. The lowest BCUT2D eigenvalue weighted by Crippen LogP contribution is -1.92. The SMILES string of the molecule is N#Cc1ccc(CSC(C=Cc2ccc(Br)cc2)c2ccc(Br)cc2)cc1. The number of rotatable bonds is 6. The van der Waals surface area contributed by atoms with Crippen molar-refractivity contribution in [1.82, 2.24) is 0 Å². The molecule has 1 atom stereocenters. The van der Waals surface area contributed by atoms with Crippen LogP contribution in [-0.4, -0.2) is 0 Å². The molecule has 0 spiro atoms. The highest BCUT2D eigenvalue weighted by Gasteiger charge is 2.09. The zero-order valence-electron chi connectivity index (χ0n) is 14.5. The summed E-state index contributed by atoms with van der Waals surface area (Å²) in [7, 11) is 0. The van der Waals surface area contributed by atoms with Crippen molar-refractivity contribution in [3.63, 3.8) is 0 Å². The molecule has 3 aromatic carbocycles. The molecule has 0 radical (unpaired) electrons. The Morgan fingerprint density at radius 2 is 1.44 bits per heavy atom. The molecule has 0 amide bonds. The number of halogens is 2. The lowest BCUT2D eigenvalue weighted by atomic mass is 10.1. The lowest BCUT2D eigenvalue weighted by molar-refractivity contribution is 1.22. The van der Waals surface area contributed by atoms with Crippen molar-refractivity contribution in [3.8, 4) is 6.07 Å². The molecule has 0 aromatic heterocycles. The number of thioether (sulfide) groups is 1. The predicted molar refractivity (Wildman–Crippen MR) is 123 cm³/mol. The molecule has 0 saturated heterocycles. The minimum absolute atomic E-state index is 0.248. The van der Waals surface area contributed by atoms with E-state index >= 15 is 0 Å². The summed E-state index contributed by atoms with van der Waals surface area (Å²) < 4.78 is 2.17. The molecule has 27 heavy (non-hydrogen) atoms. The van der Waals surface area contributed by atoms with E-state index in [1.54, 1.807) is 0 Å². The van der Waals surface area contributed by atoms with Gasteiger partial charge in [0.2, 0.25) is 0 Å². The van der Waals surface area contributed by atoms with Crippen LogP contribution in [0.5, 0.6) is 0 Å². The molecule has 0 aliphatic rings. The van der Waals surface area contributed by atoms with Gasteiger partial charge in [0.15, 0.2) is 0 Å². The second-order valence-corrected chi connectivity index (χ2v) is 8.96. The Morgan fingerprint density at radius 3 is 2.04 bits per heavy atom. The average molecular weight is 499 g/mol. The summed E-state index contributed by atoms with van der Waals surface area (Å²) in [6.45, 7) is 0. The van der Waals surface area contributed by atoms with Crippen LogP contribution < -0.4 is 0 Å². The smallest absolute Gasteiger partial charge is 0.0991 e. The molecular weight excluding hydrogens is 482 g/mol. The van der Waals surface area contributed by atoms with E-state index < -0.39 is 0 Å². The Balaban J connectivity index is 1.77. The molecule has 134 valence electrons. The molecule has 3 aromatic rings. The molecule has 1 nitrogen and oxygen atoms in total. The zero-order valence-corrected chi connectivity index (χ0v) is 18.5. The van der Waals surface area contributed by atoms with Gasteiger partial charge in [0.25, 0.3) is 0 Å². The van der Waals surface area contributed by atoms with Crippen LogP contribution in [0.2, 0.25) is 0 Å². The van der Waals surface area contributed by atoms with Crippen molar-refractivity contribution in [3.05, 3.63) is 110 Å². The Bertz CT molecular complexity index is 940. The van der Waals surface area contributed by atoms with Crippen molar-refractivity contribution in [2.75, 3.05) is 0 Å². The molecule has 0 aliphatic carbocycles. The summed E-state index contributed by atoms with van der Waals surface area (Å²) >= 11 is 8.86. The van der Waals surface area contributed by atoms with Crippen LogP contribution in [0, 0.1) is 11.3 Å². The first-order valence-electron chi connectivity index (χ1n) is 8.44. The first-order valence-corrected chi connectivity index (χ1v) is 11.1. The highest BCUT2D eigenvalue weighted by molar-refractivity contribution is 9.10. The first-order chi connectivity index (χ1) is 13.1. The summed E-state index contributed by atoms with van der Waals surface area (Å²) in [5, 5.41) is 9.19. The third kappa shape index (κ3) is 6.10. The number of nitriles is 1. The van der Waals surface area contributed by atoms with Crippen molar-refractivity contribution in [2.24, 2.45) is 0 Å². The van der Waals surface area contributed by atoms with Crippen molar-refractivity contribution in [2.45, 2.75) is 11.0 Å². The molecule has 0 saturated carbocycles. The zero-order chi connectivity index (χ0) is 19.1. The maximum atomic E-state index is 8.94. The van der Waals surface area contributed by atoms with E-state index in [0.717, 1.165) is 14.7 Å². The standard InChI is InChI=1S/C23H17Br2NS/c24-21-10-5-17(6-11-21)7-14-23(20-8-12-22(25)13-9-20)27-16-19-3-1-18(15-26)2-4-19/h1-14,23H,16H2. The summed E-state index contributed by atoms with van der Waals surface area (Å²) in [4.78, 5) is 0. The van der Waals surface area contributed by atoms with Gasteiger partial charge in [-0.2, -0.15) is 5.26 Å². The molecule has 3 rings (SSSR count). The monoisotopic (exact) mass is 497 g/mol. The van der Waals surface area contributed by atoms with Gasteiger partial charge in [-0.05, 0) is 53.1 Å². The van der Waals surface area contributed by atoms with Crippen LogP contribution in [0.4, 0.5) is 0 Å². The molecule has 0 fully saturated rings. The van der Waals surface area contributed by atoms with Crippen LogP contribution in [0.25, 0.3) is 6.08 Å². The average Bonchev–Trinajstić information content (AvgIpc) is 2.70. The van der Waals surface area contributed by atoms with Crippen molar-refractivity contribution in [1.29, 1.82) is 5.26 Å². The quantitative estimate of drug-likeness (QED) is 0.346. The number of hydrogen-bond donors (Lipinski definition) is 0. The van der Waals surface area contributed by atoms with E-state index in [4.69, 9.17) is 5.26 Å². The number of nitrogens with zero attached hydrogens (tertiary/aromatic N) is 1. The largest absolute Gasteiger partial charge is 0.192 e. The van der Waals surface area contributed by atoms with Crippen LogP contribution in [0.3, 0.4) is 0 Å². The molecule has 4 heteroatoms. The summed E-state index contributed by atoms with van der Waals surface area (Å²) in [6.07, 6.45) is 4.42. The Kier molecular flexibility index (Phi) is 7.34. The van der Waals surface area contributed by atoms with Gasteiger partial charge in [-0.3, -0.25) is 0 Å². The minimum atomic E-state index is 0.248.